The zero-order chi connectivity index (χ0) is 13.0. The van der Waals surface area contributed by atoms with Crippen LogP contribution in [0.5, 0.6) is 0 Å². The summed E-state index contributed by atoms with van der Waals surface area (Å²) in [5, 5.41) is 3.00. The molecule has 0 aromatic heterocycles. The van der Waals surface area contributed by atoms with Crippen LogP contribution in [-0.4, -0.2) is 18.2 Å². The van der Waals surface area contributed by atoms with Crippen LogP contribution in [0, 0.1) is 5.92 Å². The largest absolute Gasteiger partial charge is 0.350 e. The first-order valence-electron chi connectivity index (χ1n) is 6.31. The van der Waals surface area contributed by atoms with Gasteiger partial charge in [-0.1, -0.05) is 12.1 Å². The molecular formula is C15H19NOS. The van der Waals surface area contributed by atoms with Crippen LogP contribution in [0.25, 0.3) is 6.08 Å². The third-order valence-corrected chi connectivity index (χ3v) is 3.99. The number of rotatable bonds is 5. The fourth-order valence-electron chi connectivity index (χ4n) is 1.87. The number of benzene rings is 1. The van der Waals surface area contributed by atoms with E-state index in [1.807, 2.05) is 18.2 Å². The summed E-state index contributed by atoms with van der Waals surface area (Å²) in [6, 6.07) is 8.49. The summed E-state index contributed by atoms with van der Waals surface area (Å²) in [6.45, 7) is 2.08. The van der Waals surface area contributed by atoms with Crippen molar-refractivity contribution in [2.24, 2.45) is 5.92 Å². The van der Waals surface area contributed by atoms with Gasteiger partial charge >= 0.3 is 0 Å². The molecule has 0 aliphatic heterocycles. The Morgan fingerprint density at radius 3 is 2.61 bits per heavy atom. The molecule has 96 valence electrons. The van der Waals surface area contributed by atoms with Crippen molar-refractivity contribution in [2.75, 3.05) is 6.26 Å². The molecule has 1 aromatic rings. The van der Waals surface area contributed by atoms with Gasteiger partial charge in [0.1, 0.15) is 0 Å². The minimum absolute atomic E-state index is 0.00310. The number of thioether (sulfide) groups is 1. The van der Waals surface area contributed by atoms with Crippen LogP contribution in [0.15, 0.2) is 35.2 Å². The number of carbonyl (C=O) groups excluding carboxylic acids is 1. The van der Waals surface area contributed by atoms with Crippen LogP contribution < -0.4 is 5.32 Å². The quantitative estimate of drug-likeness (QED) is 0.650. The third kappa shape index (κ3) is 3.91. The Morgan fingerprint density at radius 1 is 1.39 bits per heavy atom. The fraction of sp³-hybridized carbons (Fsp3) is 0.400. The number of carbonyl (C=O) groups is 1. The molecule has 0 bridgehead atoms. The van der Waals surface area contributed by atoms with Crippen molar-refractivity contribution in [3.63, 3.8) is 0 Å². The van der Waals surface area contributed by atoms with E-state index in [4.69, 9.17) is 0 Å². The van der Waals surface area contributed by atoms with Gasteiger partial charge in [0.2, 0.25) is 5.91 Å². The van der Waals surface area contributed by atoms with Gasteiger partial charge in [-0.05, 0) is 55.7 Å². The van der Waals surface area contributed by atoms with Crippen LogP contribution in [0.3, 0.4) is 0 Å². The van der Waals surface area contributed by atoms with Crippen LogP contribution in [-0.2, 0) is 4.79 Å². The summed E-state index contributed by atoms with van der Waals surface area (Å²) in [5.74, 6) is 0.701. The molecule has 1 N–H and O–H groups in total. The summed E-state index contributed by atoms with van der Waals surface area (Å²) >= 11 is 1.72. The Kier molecular flexibility index (Phi) is 4.48. The average Bonchev–Trinajstić information content (AvgIpc) is 3.21. The highest BCUT2D eigenvalue weighted by Crippen LogP contribution is 2.32. The Hall–Kier alpha value is -1.22. The predicted molar refractivity (Wildman–Crippen MR) is 77.6 cm³/mol. The number of hydrogen-bond acceptors (Lipinski definition) is 2. The molecule has 1 saturated carbocycles. The van der Waals surface area contributed by atoms with Gasteiger partial charge in [-0.25, -0.2) is 0 Å². The van der Waals surface area contributed by atoms with Crippen molar-refractivity contribution in [3.8, 4) is 0 Å². The van der Waals surface area contributed by atoms with E-state index in [1.54, 1.807) is 17.8 Å². The SMILES string of the molecule is CSc1ccc(/C=C/C(=O)NC(C)C2CC2)cc1. The van der Waals surface area contributed by atoms with E-state index in [2.05, 4.69) is 30.6 Å². The highest BCUT2D eigenvalue weighted by Gasteiger charge is 2.28. The molecule has 0 spiro atoms. The van der Waals surface area contributed by atoms with Gasteiger partial charge in [-0.3, -0.25) is 4.79 Å². The molecule has 0 heterocycles. The van der Waals surface area contributed by atoms with E-state index in [9.17, 15) is 4.79 Å². The van der Waals surface area contributed by atoms with Crippen LogP contribution in [0.1, 0.15) is 25.3 Å². The van der Waals surface area contributed by atoms with E-state index in [1.165, 1.54) is 17.7 Å². The molecule has 1 unspecified atom stereocenters. The number of nitrogens with one attached hydrogen (secondary N) is 1. The van der Waals surface area contributed by atoms with Gasteiger partial charge in [0.15, 0.2) is 0 Å². The van der Waals surface area contributed by atoms with E-state index in [0.29, 0.717) is 12.0 Å². The maximum absolute atomic E-state index is 11.7. The molecule has 2 nitrogen and oxygen atoms in total. The van der Waals surface area contributed by atoms with Crippen LogP contribution in [0.4, 0.5) is 0 Å². The van der Waals surface area contributed by atoms with Gasteiger partial charge in [0.05, 0.1) is 0 Å². The molecule has 1 aliphatic rings. The van der Waals surface area contributed by atoms with Crippen molar-refractivity contribution < 1.29 is 4.79 Å². The molecule has 1 aliphatic carbocycles. The Bertz CT molecular complexity index is 434. The lowest BCUT2D eigenvalue weighted by Crippen LogP contribution is -2.32. The van der Waals surface area contributed by atoms with Crippen molar-refractivity contribution in [3.05, 3.63) is 35.9 Å². The maximum atomic E-state index is 11.7. The topological polar surface area (TPSA) is 29.1 Å². The zero-order valence-corrected chi connectivity index (χ0v) is 11.7. The number of amides is 1. The van der Waals surface area contributed by atoms with E-state index in [-0.39, 0.29) is 5.91 Å². The highest BCUT2D eigenvalue weighted by molar-refractivity contribution is 7.98. The molecule has 1 aromatic carbocycles. The smallest absolute Gasteiger partial charge is 0.244 e. The molecule has 1 amide bonds. The van der Waals surface area contributed by atoms with Gasteiger partial charge < -0.3 is 5.32 Å². The lowest BCUT2D eigenvalue weighted by molar-refractivity contribution is -0.117. The lowest BCUT2D eigenvalue weighted by Gasteiger charge is -2.10. The maximum Gasteiger partial charge on any atom is 0.244 e. The van der Waals surface area contributed by atoms with Gasteiger partial charge in [0.25, 0.3) is 0 Å². The molecule has 0 saturated heterocycles. The van der Waals surface area contributed by atoms with Crippen molar-refractivity contribution >= 4 is 23.7 Å². The molecule has 2 rings (SSSR count). The molecular weight excluding hydrogens is 242 g/mol. The monoisotopic (exact) mass is 261 g/mol. The van der Waals surface area contributed by atoms with Gasteiger partial charge in [-0.15, -0.1) is 11.8 Å². The first-order valence-corrected chi connectivity index (χ1v) is 7.54. The molecule has 1 fully saturated rings. The predicted octanol–water partition coefficient (Wildman–Crippen LogP) is 3.34. The molecule has 3 heteroatoms. The van der Waals surface area contributed by atoms with E-state index < -0.39 is 0 Å². The average molecular weight is 261 g/mol. The minimum Gasteiger partial charge on any atom is -0.350 e. The molecule has 0 radical (unpaired) electrons. The second kappa shape index (κ2) is 6.10. The normalized spacial score (nSPS) is 16.8. The number of hydrogen-bond donors (Lipinski definition) is 1. The fourth-order valence-corrected chi connectivity index (χ4v) is 2.28. The summed E-state index contributed by atoms with van der Waals surface area (Å²) < 4.78 is 0. The summed E-state index contributed by atoms with van der Waals surface area (Å²) in [4.78, 5) is 12.9. The van der Waals surface area contributed by atoms with Gasteiger partial charge in [0, 0.05) is 17.0 Å². The first kappa shape index (κ1) is 13.2. The molecule has 18 heavy (non-hydrogen) atoms. The standard InChI is InChI=1S/C15H19NOS/c1-11(13-6-7-13)16-15(17)10-5-12-3-8-14(18-2)9-4-12/h3-5,8-11,13H,6-7H2,1-2H3,(H,16,17)/b10-5+. The Labute approximate surface area is 113 Å². The Balaban J connectivity index is 1.86. The lowest BCUT2D eigenvalue weighted by atomic mass is 10.2. The van der Waals surface area contributed by atoms with Crippen LogP contribution >= 0.6 is 11.8 Å². The first-order chi connectivity index (χ1) is 8.69. The minimum atomic E-state index is 0.00310. The molecule has 1 atom stereocenters. The summed E-state index contributed by atoms with van der Waals surface area (Å²) in [5.41, 5.74) is 1.06. The second-order valence-corrected chi connectivity index (χ2v) is 5.62. The van der Waals surface area contributed by atoms with E-state index >= 15 is 0 Å². The van der Waals surface area contributed by atoms with Crippen molar-refractivity contribution in [1.29, 1.82) is 0 Å². The second-order valence-electron chi connectivity index (χ2n) is 4.74. The van der Waals surface area contributed by atoms with Crippen LogP contribution in [0.2, 0.25) is 0 Å². The van der Waals surface area contributed by atoms with E-state index in [0.717, 1.165) is 5.56 Å². The van der Waals surface area contributed by atoms with Crippen molar-refractivity contribution in [1.82, 2.24) is 5.32 Å². The third-order valence-electron chi connectivity index (χ3n) is 3.24. The summed E-state index contributed by atoms with van der Waals surface area (Å²) in [6.07, 6.45) is 8.03. The Morgan fingerprint density at radius 2 is 2.06 bits per heavy atom. The summed E-state index contributed by atoms with van der Waals surface area (Å²) in [7, 11) is 0. The van der Waals surface area contributed by atoms with Gasteiger partial charge in [-0.2, -0.15) is 0 Å². The zero-order valence-electron chi connectivity index (χ0n) is 10.8. The highest BCUT2D eigenvalue weighted by atomic mass is 32.2. The van der Waals surface area contributed by atoms with Crippen molar-refractivity contribution in [2.45, 2.75) is 30.7 Å².